The molecule has 0 aromatic carbocycles. The van der Waals surface area contributed by atoms with Crippen molar-refractivity contribution in [3.05, 3.63) is 11.3 Å². The molecule has 0 radical (unpaired) electrons. The molecular weight excluding hydrogens is 184 g/mol. The lowest BCUT2D eigenvalue weighted by molar-refractivity contribution is -0.127. The van der Waals surface area contributed by atoms with Gasteiger partial charge in [-0.1, -0.05) is 6.42 Å². The van der Waals surface area contributed by atoms with Crippen LogP contribution >= 0.6 is 0 Å². The normalized spacial score (nSPS) is 15.5. The summed E-state index contributed by atoms with van der Waals surface area (Å²) in [7, 11) is 2.92. The van der Waals surface area contributed by atoms with Gasteiger partial charge in [0.05, 0.1) is 19.2 Å². The van der Waals surface area contributed by atoms with Gasteiger partial charge < -0.3 is 9.64 Å². The number of terminal acetylenes is 1. The molecule has 0 atom stereocenters. The highest BCUT2D eigenvalue weighted by Gasteiger charge is 2.32. The second-order valence-corrected chi connectivity index (χ2v) is 2.77. The Morgan fingerprint density at radius 1 is 1.71 bits per heavy atom. The Balaban J connectivity index is 2.96. The third kappa shape index (κ3) is 1.55. The zero-order chi connectivity index (χ0) is 10.7. The molecule has 2 amide bonds. The van der Waals surface area contributed by atoms with Crippen LogP contribution in [0.4, 0.5) is 0 Å². The summed E-state index contributed by atoms with van der Waals surface area (Å²) in [5.74, 6) is -0.725. The van der Waals surface area contributed by atoms with Gasteiger partial charge in [0.2, 0.25) is 0 Å². The summed E-state index contributed by atoms with van der Waals surface area (Å²) >= 11 is 0. The van der Waals surface area contributed by atoms with Gasteiger partial charge in [0.25, 0.3) is 11.8 Å². The van der Waals surface area contributed by atoms with E-state index in [0.29, 0.717) is 0 Å². The van der Waals surface area contributed by atoms with Crippen LogP contribution in [-0.2, 0) is 14.3 Å². The van der Waals surface area contributed by atoms with Crippen LogP contribution in [0.15, 0.2) is 11.3 Å². The van der Waals surface area contributed by atoms with E-state index >= 15 is 0 Å². The number of methoxy groups -OCH3 is 1. The van der Waals surface area contributed by atoms with Crippen molar-refractivity contribution in [2.45, 2.75) is 0 Å². The fourth-order valence-electron chi connectivity index (χ4n) is 1.21. The number of ether oxygens (including phenoxy) is 1. The third-order valence-electron chi connectivity index (χ3n) is 1.87. The van der Waals surface area contributed by atoms with Gasteiger partial charge in [0.15, 0.2) is 5.76 Å². The first-order valence-corrected chi connectivity index (χ1v) is 3.90. The summed E-state index contributed by atoms with van der Waals surface area (Å²) in [4.78, 5) is 24.1. The van der Waals surface area contributed by atoms with E-state index in [1.807, 2.05) is 6.04 Å². The number of likely N-dealkylation sites (N-methyl/N-ethyl adjacent to an activating group) is 1. The molecule has 0 aliphatic carbocycles. The Kier molecular flexibility index (Phi) is 2.77. The van der Waals surface area contributed by atoms with Gasteiger partial charge in [-0.3, -0.25) is 14.9 Å². The smallest absolute Gasteiger partial charge is 0.289 e. The Morgan fingerprint density at radius 2 is 2.36 bits per heavy atom. The number of hydrogen-bond donors (Lipinski definition) is 1. The van der Waals surface area contributed by atoms with E-state index in [4.69, 9.17) is 11.2 Å². The number of carbonyl (C=O) groups excluding carboxylic acids is 2. The summed E-state index contributed by atoms with van der Waals surface area (Å²) in [5, 5.41) is 2.16. The molecule has 0 spiro atoms. The van der Waals surface area contributed by atoms with Crippen molar-refractivity contribution in [1.29, 1.82) is 0 Å². The van der Waals surface area contributed by atoms with Crippen molar-refractivity contribution in [2.24, 2.45) is 0 Å². The average molecular weight is 194 g/mol. The molecule has 1 heterocycles. The monoisotopic (exact) mass is 194 g/mol. The quantitative estimate of drug-likeness (QED) is 0.456. The largest absolute Gasteiger partial charge is 0.491 e. The number of carbonyl (C=O) groups is 2. The molecule has 1 N–H and O–H groups in total. The van der Waals surface area contributed by atoms with Gasteiger partial charge in [-0.05, 0) is 0 Å². The summed E-state index contributed by atoms with van der Waals surface area (Å²) in [5.41, 5.74) is 0.262. The van der Waals surface area contributed by atoms with E-state index in [9.17, 15) is 9.59 Å². The molecule has 1 aliphatic rings. The highest BCUT2D eigenvalue weighted by atomic mass is 16.5. The van der Waals surface area contributed by atoms with Crippen molar-refractivity contribution in [3.8, 4) is 12.5 Å². The molecule has 0 saturated carbocycles. The first-order valence-electron chi connectivity index (χ1n) is 3.90. The van der Waals surface area contributed by atoms with E-state index in [-0.39, 0.29) is 23.8 Å². The van der Waals surface area contributed by atoms with E-state index < -0.39 is 5.91 Å². The number of amides is 2. The maximum Gasteiger partial charge on any atom is 0.289 e. The summed E-state index contributed by atoms with van der Waals surface area (Å²) < 4.78 is 4.83. The number of hydrogen-bond acceptors (Lipinski definition) is 3. The van der Waals surface area contributed by atoms with E-state index in [0.717, 1.165) is 0 Å². The van der Waals surface area contributed by atoms with Gasteiger partial charge in [0, 0.05) is 13.1 Å². The standard InChI is InChI=1S/C9H10N2O3/c1-4-10-8(12)6-5-11(2)9(13)7(6)14-3/h1H,5H2,2-3H3,(H,10,12). The van der Waals surface area contributed by atoms with Crippen molar-refractivity contribution >= 4 is 11.8 Å². The average Bonchev–Trinajstić information content (AvgIpc) is 2.44. The molecular formula is C9H10N2O3. The van der Waals surface area contributed by atoms with Gasteiger partial charge in [-0.15, -0.1) is 0 Å². The zero-order valence-electron chi connectivity index (χ0n) is 7.96. The molecule has 0 aromatic rings. The van der Waals surface area contributed by atoms with Crippen LogP contribution in [0.3, 0.4) is 0 Å². The Morgan fingerprint density at radius 3 is 2.86 bits per heavy atom. The summed E-state index contributed by atoms with van der Waals surface area (Å²) in [6, 6.07) is 2.00. The van der Waals surface area contributed by atoms with Crippen LogP contribution in [0.1, 0.15) is 0 Å². The lowest BCUT2D eigenvalue weighted by atomic mass is 10.2. The van der Waals surface area contributed by atoms with Crippen LogP contribution in [0.2, 0.25) is 0 Å². The lowest BCUT2D eigenvalue weighted by Gasteiger charge is -2.06. The molecule has 1 rings (SSSR count). The van der Waals surface area contributed by atoms with Crippen LogP contribution in [0.5, 0.6) is 0 Å². The van der Waals surface area contributed by atoms with Crippen LogP contribution < -0.4 is 5.32 Å². The molecule has 74 valence electrons. The maximum atomic E-state index is 11.4. The second-order valence-electron chi connectivity index (χ2n) is 2.77. The van der Waals surface area contributed by atoms with E-state index in [1.165, 1.54) is 12.0 Å². The van der Waals surface area contributed by atoms with Crippen molar-refractivity contribution in [3.63, 3.8) is 0 Å². The molecule has 0 fully saturated rings. The number of rotatable bonds is 2. The molecule has 0 unspecified atom stereocenters. The lowest BCUT2D eigenvalue weighted by Crippen LogP contribution is -2.25. The molecule has 5 heteroatoms. The highest BCUT2D eigenvalue weighted by molar-refractivity contribution is 6.07. The predicted octanol–water partition coefficient (Wildman–Crippen LogP) is -0.934. The summed E-state index contributed by atoms with van der Waals surface area (Å²) in [6.45, 7) is 0.218. The molecule has 14 heavy (non-hydrogen) atoms. The minimum atomic E-state index is -0.470. The Hall–Kier alpha value is -1.96. The van der Waals surface area contributed by atoms with Gasteiger partial charge in [0.1, 0.15) is 0 Å². The van der Waals surface area contributed by atoms with Crippen molar-refractivity contribution in [2.75, 3.05) is 20.7 Å². The molecule has 0 bridgehead atoms. The Labute approximate surface area is 81.7 Å². The second kappa shape index (κ2) is 3.83. The van der Waals surface area contributed by atoms with Crippen LogP contribution in [0.25, 0.3) is 0 Å². The molecule has 0 saturated heterocycles. The van der Waals surface area contributed by atoms with Gasteiger partial charge >= 0.3 is 0 Å². The molecule has 1 aliphatic heterocycles. The topological polar surface area (TPSA) is 58.6 Å². The maximum absolute atomic E-state index is 11.4. The summed E-state index contributed by atoms with van der Waals surface area (Å²) in [6.07, 6.45) is 4.91. The third-order valence-corrected chi connectivity index (χ3v) is 1.87. The Bertz CT molecular complexity index is 352. The number of nitrogens with zero attached hydrogens (tertiary/aromatic N) is 1. The van der Waals surface area contributed by atoms with Gasteiger partial charge in [-0.2, -0.15) is 0 Å². The minimum absolute atomic E-state index is 0.0558. The fourth-order valence-corrected chi connectivity index (χ4v) is 1.21. The van der Waals surface area contributed by atoms with Crippen molar-refractivity contribution in [1.82, 2.24) is 10.2 Å². The molecule has 5 nitrogen and oxygen atoms in total. The van der Waals surface area contributed by atoms with E-state index in [2.05, 4.69) is 5.32 Å². The van der Waals surface area contributed by atoms with Crippen molar-refractivity contribution < 1.29 is 14.3 Å². The first-order chi connectivity index (χ1) is 6.61. The zero-order valence-corrected chi connectivity index (χ0v) is 7.96. The number of nitrogens with one attached hydrogen (secondary N) is 1. The van der Waals surface area contributed by atoms with Crippen LogP contribution in [0, 0.1) is 12.5 Å². The fraction of sp³-hybridized carbons (Fsp3) is 0.333. The van der Waals surface area contributed by atoms with E-state index in [1.54, 1.807) is 7.05 Å². The SMILES string of the molecule is C#CNC(=O)C1=C(OC)C(=O)N(C)C1. The molecule has 0 aromatic heterocycles. The first kappa shape index (κ1) is 10.1. The van der Waals surface area contributed by atoms with Crippen LogP contribution in [-0.4, -0.2) is 37.4 Å². The minimum Gasteiger partial charge on any atom is -0.491 e. The highest BCUT2D eigenvalue weighted by Crippen LogP contribution is 2.17. The predicted molar refractivity (Wildman–Crippen MR) is 48.6 cm³/mol. The van der Waals surface area contributed by atoms with Gasteiger partial charge in [-0.25, -0.2) is 0 Å².